The molecular formula is C9H9BrO3. The summed E-state index contributed by atoms with van der Waals surface area (Å²) in [7, 11) is 1.37. The zero-order valence-electron chi connectivity index (χ0n) is 7.03. The Kier molecular flexibility index (Phi) is 3.45. The molecule has 4 heteroatoms. The van der Waals surface area contributed by atoms with E-state index in [-0.39, 0.29) is 0 Å². The van der Waals surface area contributed by atoms with Gasteiger partial charge in [-0.3, -0.25) is 0 Å². The van der Waals surface area contributed by atoms with Crippen molar-refractivity contribution in [3.63, 3.8) is 0 Å². The highest BCUT2D eigenvalue weighted by molar-refractivity contribution is 9.10. The number of carboxylic acids is 1. The number of benzene rings is 1. The smallest absolute Gasteiger partial charge is 0.337 e. The first-order valence-corrected chi connectivity index (χ1v) is 4.46. The van der Waals surface area contributed by atoms with E-state index in [0.717, 1.165) is 4.47 Å². The molecule has 1 atom stereocenters. The summed E-state index contributed by atoms with van der Waals surface area (Å²) < 4.78 is 5.59. The highest BCUT2D eigenvalue weighted by Crippen LogP contribution is 2.25. The van der Waals surface area contributed by atoms with Crippen LogP contribution in [0.25, 0.3) is 0 Å². The largest absolute Gasteiger partial charge is 0.479 e. The van der Waals surface area contributed by atoms with Gasteiger partial charge in [0, 0.05) is 17.1 Å². The number of halogens is 1. The van der Waals surface area contributed by atoms with Crippen molar-refractivity contribution < 1.29 is 14.6 Å². The first kappa shape index (κ1) is 10.2. The Balaban J connectivity index is 3.04. The number of hydrogen-bond acceptors (Lipinski definition) is 2. The van der Waals surface area contributed by atoms with Crippen molar-refractivity contribution >= 4 is 21.9 Å². The van der Waals surface area contributed by atoms with Crippen LogP contribution in [0, 0.1) is 0 Å². The number of carboxylic acid groups (broad SMARTS) is 1. The third-order valence-corrected chi connectivity index (χ3v) is 2.37. The molecule has 1 aromatic rings. The van der Waals surface area contributed by atoms with Gasteiger partial charge >= 0.3 is 5.97 Å². The van der Waals surface area contributed by atoms with Crippen LogP contribution in [0.3, 0.4) is 0 Å². The summed E-state index contributed by atoms with van der Waals surface area (Å²) in [5.74, 6) is -0.991. The number of hydrogen-bond donors (Lipinski definition) is 1. The molecule has 1 N–H and O–H groups in total. The third kappa shape index (κ3) is 2.29. The van der Waals surface area contributed by atoms with Crippen LogP contribution in [0.15, 0.2) is 28.7 Å². The lowest BCUT2D eigenvalue weighted by Gasteiger charge is -2.11. The molecule has 1 rings (SSSR count). The average Bonchev–Trinajstić information content (AvgIpc) is 2.09. The van der Waals surface area contributed by atoms with Crippen molar-refractivity contribution in [3.8, 4) is 0 Å². The summed E-state index contributed by atoms with van der Waals surface area (Å²) in [6, 6.07) is 7.09. The topological polar surface area (TPSA) is 46.5 Å². The Morgan fingerprint density at radius 1 is 1.54 bits per heavy atom. The van der Waals surface area contributed by atoms with Crippen LogP contribution in [-0.4, -0.2) is 18.2 Å². The van der Waals surface area contributed by atoms with Gasteiger partial charge in [-0.1, -0.05) is 34.1 Å². The highest BCUT2D eigenvalue weighted by atomic mass is 79.9. The molecule has 0 bridgehead atoms. The predicted molar refractivity (Wildman–Crippen MR) is 51.5 cm³/mol. The lowest BCUT2D eigenvalue weighted by Crippen LogP contribution is -2.13. The zero-order valence-corrected chi connectivity index (χ0v) is 8.61. The monoisotopic (exact) mass is 244 g/mol. The van der Waals surface area contributed by atoms with E-state index in [9.17, 15) is 4.79 Å². The van der Waals surface area contributed by atoms with Gasteiger partial charge in [0.1, 0.15) is 0 Å². The molecule has 0 amide bonds. The van der Waals surface area contributed by atoms with Crippen LogP contribution in [0.1, 0.15) is 11.7 Å². The van der Waals surface area contributed by atoms with Gasteiger partial charge in [0.05, 0.1) is 0 Å². The molecule has 70 valence electrons. The number of ether oxygens (including phenoxy) is 1. The second-order valence-electron chi connectivity index (χ2n) is 2.48. The van der Waals surface area contributed by atoms with Gasteiger partial charge in [-0.15, -0.1) is 0 Å². The minimum absolute atomic E-state index is 0.623. The molecule has 0 aliphatic carbocycles. The minimum Gasteiger partial charge on any atom is -0.479 e. The predicted octanol–water partition coefficient (Wildman–Crippen LogP) is 2.22. The molecular weight excluding hydrogens is 236 g/mol. The van der Waals surface area contributed by atoms with Crippen molar-refractivity contribution in [2.24, 2.45) is 0 Å². The van der Waals surface area contributed by atoms with E-state index < -0.39 is 12.1 Å². The van der Waals surface area contributed by atoms with Crippen LogP contribution in [0.2, 0.25) is 0 Å². The summed E-state index contributed by atoms with van der Waals surface area (Å²) in [5.41, 5.74) is 0.623. The maximum atomic E-state index is 10.7. The Hall–Kier alpha value is -0.870. The van der Waals surface area contributed by atoms with Crippen molar-refractivity contribution in [1.29, 1.82) is 0 Å². The van der Waals surface area contributed by atoms with Gasteiger partial charge < -0.3 is 9.84 Å². The highest BCUT2D eigenvalue weighted by Gasteiger charge is 2.20. The Morgan fingerprint density at radius 2 is 2.15 bits per heavy atom. The van der Waals surface area contributed by atoms with E-state index in [1.54, 1.807) is 18.2 Å². The average molecular weight is 245 g/mol. The number of aliphatic carboxylic acids is 1. The van der Waals surface area contributed by atoms with Crippen molar-refractivity contribution in [1.82, 2.24) is 0 Å². The first-order chi connectivity index (χ1) is 6.16. The van der Waals surface area contributed by atoms with Gasteiger partial charge in [-0.2, -0.15) is 0 Å². The molecule has 3 nitrogen and oxygen atoms in total. The van der Waals surface area contributed by atoms with Crippen LogP contribution < -0.4 is 0 Å². The fraction of sp³-hybridized carbons (Fsp3) is 0.222. The number of carbonyl (C=O) groups is 1. The van der Waals surface area contributed by atoms with E-state index in [2.05, 4.69) is 15.9 Å². The second-order valence-corrected chi connectivity index (χ2v) is 3.33. The molecule has 0 aliphatic rings. The zero-order chi connectivity index (χ0) is 9.84. The third-order valence-electron chi connectivity index (χ3n) is 1.65. The molecule has 0 saturated carbocycles. The van der Waals surface area contributed by atoms with Gasteiger partial charge in [-0.25, -0.2) is 4.79 Å². The normalized spacial score (nSPS) is 12.5. The fourth-order valence-electron chi connectivity index (χ4n) is 1.05. The van der Waals surface area contributed by atoms with E-state index in [1.165, 1.54) is 7.11 Å². The summed E-state index contributed by atoms with van der Waals surface area (Å²) in [6.07, 6.45) is -0.907. The Bertz CT molecular complexity index is 311. The molecule has 0 unspecified atom stereocenters. The molecule has 13 heavy (non-hydrogen) atoms. The van der Waals surface area contributed by atoms with Gasteiger partial charge in [0.15, 0.2) is 6.10 Å². The van der Waals surface area contributed by atoms with Crippen LogP contribution >= 0.6 is 15.9 Å². The molecule has 0 aromatic heterocycles. The molecule has 0 saturated heterocycles. The Morgan fingerprint density at radius 3 is 2.62 bits per heavy atom. The van der Waals surface area contributed by atoms with Crippen molar-refractivity contribution in [2.45, 2.75) is 6.10 Å². The minimum atomic E-state index is -0.991. The van der Waals surface area contributed by atoms with E-state index in [0.29, 0.717) is 5.56 Å². The van der Waals surface area contributed by atoms with E-state index in [4.69, 9.17) is 9.84 Å². The van der Waals surface area contributed by atoms with Gasteiger partial charge in [0.25, 0.3) is 0 Å². The SMILES string of the molecule is CO[C@@H](C(=O)O)c1ccccc1Br. The molecule has 0 aliphatic heterocycles. The fourth-order valence-corrected chi connectivity index (χ4v) is 1.54. The Labute approximate surface area is 84.5 Å². The first-order valence-electron chi connectivity index (χ1n) is 3.67. The van der Waals surface area contributed by atoms with Gasteiger partial charge in [0.2, 0.25) is 0 Å². The maximum Gasteiger partial charge on any atom is 0.337 e. The maximum absolute atomic E-state index is 10.7. The standard InChI is InChI=1S/C9H9BrO3/c1-13-8(9(11)12)6-4-2-3-5-7(6)10/h2-5,8H,1H3,(H,11,12)/t8-/m1/s1. The lowest BCUT2D eigenvalue weighted by atomic mass is 10.1. The molecule has 0 fully saturated rings. The molecule has 0 heterocycles. The van der Waals surface area contributed by atoms with Crippen molar-refractivity contribution in [2.75, 3.05) is 7.11 Å². The van der Waals surface area contributed by atoms with E-state index >= 15 is 0 Å². The van der Waals surface area contributed by atoms with Crippen LogP contribution in [0.4, 0.5) is 0 Å². The molecule has 0 spiro atoms. The lowest BCUT2D eigenvalue weighted by molar-refractivity contribution is -0.148. The number of rotatable bonds is 3. The summed E-state index contributed by atoms with van der Waals surface area (Å²) in [5, 5.41) is 8.81. The van der Waals surface area contributed by atoms with Crippen molar-refractivity contribution in [3.05, 3.63) is 34.3 Å². The van der Waals surface area contributed by atoms with E-state index in [1.807, 2.05) is 6.07 Å². The summed E-state index contributed by atoms with van der Waals surface area (Å²) in [6.45, 7) is 0. The van der Waals surface area contributed by atoms with Crippen LogP contribution in [0.5, 0.6) is 0 Å². The number of methoxy groups -OCH3 is 1. The van der Waals surface area contributed by atoms with Crippen LogP contribution in [-0.2, 0) is 9.53 Å². The van der Waals surface area contributed by atoms with Gasteiger partial charge in [-0.05, 0) is 6.07 Å². The summed E-state index contributed by atoms with van der Waals surface area (Å²) >= 11 is 3.26. The summed E-state index contributed by atoms with van der Waals surface area (Å²) in [4.78, 5) is 10.7. The molecule has 1 aromatic carbocycles. The second kappa shape index (κ2) is 4.39. The quantitative estimate of drug-likeness (QED) is 0.888. The molecule has 0 radical (unpaired) electrons.